The van der Waals surface area contributed by atoms with Crippen molar-refractivity contribution in [2.24, 2.45) is 0 Å². The van der Waals surface area contributed by atoms with Crippen LogP contribution in [-0.4, -0.2) is 0 Å². The Morgan fingerprint density at radius 2 is 1.34 bits per heavy atom. The molecule has 2 heterocycles. The van der Waals surface area contributed by atoms with Gasteiger partial charge in [0.2, 0.25) is 11.2 Å². The second-order valence-electron chi connectivity index (χ2n) is 11.0. The van der Waals surface area contributed by atoms with E-state index < -0.39 is 0 Å². The van der Waals surface area contributed by atoms with E-state index in [4.69, 9.17) is 0 Å². The summed E-state index contributed by atoms with van der Waals surface area (Å²) in [6, 6.07) is 41.1. The molecule has 1 heteroatoms. The van der Waals surface area contributed by atoms with Gasteiger partial charge in [-0.3, -0.25) is 0 Å². The van der Waals surface area contributed by atoms with E-state index in [-0.39, 0.29) is 5.92 Å². The van der Waals surface area contributed by atoms with E-state index in [0.29, 0.717) is 0 Å². The normalized spacial score (nSPS) is 15.5. The van der Waals surface area contributed by atoms with Gasteiger partial charge in [0.15, 0.2) is 6.20 Å². The molecule has 0 spiro atoms. The topological polar surface area (TPSA) is 4.10 Å². The lowest BCUT2D eigenvalue weighted by Crippen LogP contribution is -2.21. The molecule has 3 aliphatic carbocycles. The van der Waals surface area contributed by atoms with Crippen molar-refractivity contribution in [3.05, 3.63) is 143 Å². The Balaban J connectivity index is 1.58. The van der Waals surface area contributed by atoms with Crippen LogP contribution in [0.5, 0.6) is 0 Å². The van der Waals surface area contributed by atoms with Crippen LogP contribution in [0, 0.1) is 0 Å². The monoisotopic (exact) mass is 480 g/mol. The maximum Gasteiger partial charge on any atom is 0.228 e. The van der Waals surface area contributed by atoms with Crippen molar-refractivity contribution in [2.45, 2.75) is 12.3 Å². The Kier molecular flexibility index (Phi) is 3.35. The molecule has 0 saturated carbocycles. The highest BCUT2D eigenvalue weighted by Crippen LogP contribution is 2.56. The number of pyridine rings is 1. The van der Waals surface area contributed by atoms with Gasteiger partial charge >= 0.3 is 0 Å². The molecule has 1 aromatic heterocycles. The number of fused-ring (bicyclic) bond motifs is 6. The third kappa shape index (κ3) is 2.12. The minimum Gasteiger partial charge on any atom is -0.159 e. The molecule has 0 amide bonds. The van der Waals surface area contributed by atoms with E-state index in [9.17, 15) is 0 Å². The maximum absolute atomic E-state index is 2.46. The molecule has 0 bridgehead atoms. The number of rotatable bonds is 1. The largest absolute Gasteiger partial charge is 0.228 e. The highest BCUT2D eigenvalue weighted by Gasteiger charge is 2.39. The van der Waals surface area contributed by atoms with Gasteiger partial charge in [-0.1, -0.05) is 84.9 Å². The van der Waals surface area contributed by atoms with Gasteiger partial charge in [0, 0.05) is 28.8 Å². The molecule has 0 unspecified atom stereocenters. The number of aromatic nitrogens is 1. The Morgan fingerprint density at radius 1 is 0.553 bits per heavy atom. The van der Waals surface area contributed by atoms with Gasteiger partial charge in [0.05, 0.1) is 16.5 Å². The summed E-state index contributed by atoms with van der Waals surface area (Å²) in [4.78, 5) is 0. The highest BCUT2D eigenvalue weighted by atomic mass is 14.9. The lowest BCUT2D eigenvalue weighted by atomic mass is 9.73. The van der Waals surface area contributed by atoms with Gasteiger partial charge in [0.1, 0.15) is 0 Å². The van der Waals surface area contributed by atoms with Crippen LogP contribution in [0.25, 0.3) is 60.2 Å². The van der Waals surface area contributed by atoms with Crippen LogP contribution in [0.15, 0.2) is 115 Å². The average molecular weight is 481 g/mol. The number of benzene rings is 5. The van der Waals surface area contributed by atoms with Gasteiger partial charge in [0.25, 0.3) is 0 Å². The van der Waals surface area contributed by atoms with Crippen molar-refractivity contribution < 1.29 is 4.40 Å². The summed E-state index contributed by atoms with van der Waals surface area (Å²) in [5, 5.41) is 8.51. The minimum atomic E-state index is 0.204. The summed E-state index contributed by atoms with van der Waals surface area (Å²) in [5.41, 5.74) is 13.9. The highest BCUT2D eigenvalue weighted by molar-refractivity contribution is 6.30. The molecular formula is C37H22N+. The van der Waals surface area contributed by atoms with E-state index in [1.165, 1.54) is 88.0 Å². The van der Waals surface area contributed by atoms with Crippen LogP contribution in [0.2, 0.25) is 0 Å². The Labute approximate surface area is 219 Å². The third-order valence-corrected chi connectivity index (χ3v) is 9.31. The molecule has 174 valence electrons. The quantitative estimate of drug-likeness (QED) is 0.207. The summed E-state index contributed by atoms with van der Waals surface area (Å²) in [5.74, 6) is 0.204. The number of hydrogen-bond donors (Lipinski definition) is 0. The SMILES string of the molecule is c1ccc([C@@H]2c3ccccc3-c3c4[n+]5ccccc5c5ccc6c(c5-4)c4c(ccc5ccc2c3c54)C6)cc1. The molecule has 5 aromatic carbocycles. The predicted molar refractivity (Wildman–Crippen MR) is 156 cm³/mol. The van der Waals surface area contributed by atoms with Crippen LogP contribution in [0.3, 0.4) is 0 Å². The average Bonchev–Trinajstić information content (AvgIpc) is 3.47. The lowest BCUT2D eigenvalue weighted by Gasteiger charge is -2.29. The first-order valence-corrected chi connectivity index (χ1v) is 13.5. The molecular weight excluding hydrogens is 458 g/mol. The van der Waals surface area contributed by atoms with E-state index in [1.54, 1.807) is 0 Å². The number of nitrogens with zero attached hydrogens (tertiary/aromatic N) is 1. The van der Waals surface area contributed by atoms with Crippen LogP contribution in [-0.2, 0) is 6.42 Å². The Morgan fingerprint density at radius 3 is 2.29 bits per heavy atom. The van der Waals surface area contributed by atoms with E-state index >= 15 is 0 Å². The predicted octanol–water partition coefficient (Wildman–Crippen LogP) is 8.49. The summed E-state index contributed by atoms with van der Waals surface area (Å²) in [6.45, 7) is 0. The molecule has 0 saturated heterocycles. The van der Waals surface area contributed by atoms with E-state index in [1.807, 2.05) is 0 Å². The summed E-state index contributed by atoms with van der Waals surface area (Å²) >= 11 is 0. The van der Waals surface area contributed by atoms with Crippen LogP contribution >= 0.6 is 0 Å². The van der Waals surface area contributed by atoms with Crippen molar-refractivity contribution in [1.29, 1.82) is 0 Å². The van der Waals surface area contributed by atoms with Gasteiger partial charge in [-0.15, -0.1) is 0 Å². The first kappa shape index (κ1) is 19.4. The van der Waals surface area contributed by atoms with Gasteiger partial charge in [-0.2, -0.15) is 4.40 Å². The van der Waals surface area contributed by atoms with Gasteiger partial charge in [-0.25, -0.2) is 0 Å². The summed E-state index contributed by atoms with van der Waals surface area (Å²) in [6.07, 6.45) is 3.28. The molecule has 1 nitrogen and oxygen atoms in total. The second kappa shape index (κ2) is 6.57. The third-order valence-electron chi connectivity index (χ3n) is 9.31. The van der Waals surface area contributed by atoms with Crippen molar-refractivity contribution in [1.82, 2.24) is 0 Å². The summed E-state index contributed by atoms with van der Waals surface area (Å²) in [7, 11) is 0. The van der Waals surface area contributed by atoms with E-state index in [2.05, 4.69) is 120 Å². The van der Waals surface area contributed by atoms with Crippen LogP contribution < -0.4 is 4.40 Å². The van der Waals surface area contributed by atoms with Gasteiger partial charge < -0.3 is 0 Å². The zero-order valence-electron chi connectivity index (χ0n) is 20.7. The molecule has 1 aliphatic heterocycles. The first-order chi connectivity index (χ1) is 18.9. The Hall–Kier alpha value is -4.75. The van der Waals surface area contributed by atoms with Crippen molar-refractivity contribution >= 4 is 37.8 Å². The fourth-order valence-corrected chi connectivity index (χ4v) is 7.92. The Bertz CT molecular complexity index is 2260. The minimum absolute atomic E-state index is 0.204. The second-order valence-corrected chi connectivity index (χ2v) is 11.0. The molecule has 0 fully saturated rings. The molecule has 0 radical (unpaired) electrons. The fourth-order valence-electron chi connectivity index (χ4n) is 7.92. The molecule has 0 N–H and O–H groups in total. The molecule has 10 rings (SSSR count). The van der Waals surface area contributed by atoms with Crippen molar-refractivity contribution in [2.75, 3.05) is 0 Å². The van der Waals surface area contributed by atoms with Crippen LogP contribution in [0.1, 0.15) is 33.7 Å². The van der Waals surface area contributed by atoms with Crippen LogP contribution in [0.4, 0.5) is 0 Å². The zero-order valence-corrected chi connectivity index (χ0v) is 20.7. The molecule has 38 heavy (non-hydrogen) atoms. The standard InChI is InChI=1S/C37H22N/c1-2-8-21(9-3-1)30-25-10-4-5-11-26(25)35-34-28(30)18-15-22-13-14-23-20-24-16-17-27-29-12-6-7-19-38(29)37(35)36(27)33(24)32(23)31(22)34/h1-19,30H,20H2/q+1/t30-/m1/s1. The molecule has 4 aliphatic rings. The van der Waals surface area contributed by atoms with Crippen molar-refractivity contribution in [3.63, 3.8) is 0 Å². The molecule has 1 atom stereocenters. The fraction of sp³-hybridized carbons (Fsp3) is 0.0541. The smallest absolute Gasteiger partial charge is 0.159 e. The lowest BCUT2D eigenvalue weighted by molar-refractivity contribution is -0.495. The molecule has 6 aromatic rings. The van der Waals surface area contributed by atoms with E-state index in [0.717, 1.165) is 6.42 Å². The number of hydrogen-bond acceptors (Lipinski definition) is 0. The zero-order chi connectivity index (χ0) is 24.5. The summed E-state index contributed by atoms with van der Waals surface area (Å²) < 4.78 is 2.46. The maximum atomic E-state index is 2.46. The van der Waals surface area contributed by atoms with Crippen molar-refractivity contribution in [3.8, 4) is 22.4 Å². The van der Waals surface area contributed by atoms with Gasteiger partial charge in [-0.05, 0) is 68.1 Å². The first-order valence-electron chi connectivity index (χ1n) is 13.5.